The van der Waals surface area contributed by atoms with Gasteiger partial charge in [0, 0.05) is 12.0 Å². The molecule has 0 saturated carbocycles. The predicted octanol–water partition coefficient (Wildman–Crippen LogP) is 1.99. The first-order chi connectivity index (χ1) is 6.63. The zero-order valence-electron chi connectivity index (χ0n) is 8.16. The average molecular weight is 195 g/mol. The molecule has 2 N–H and O–H groups in total. The Hall–Kier alpha value is -1.22. The minimum Gasteiger partial charge on any atom is -0.330 e. The molecule has 0 saturated heterocycles. The zero-order valence-corrected chi connectivity index (χ0v) is 8.16. The highest BCUT2D eigenvalue weighted by molar-refractivity contribution is 5.96. The van der Waals surface area contributed by atoms with Crippen LogP contribution in [-0.4, -0.2) is 12.3 Å². The van der Waals surface area contributed by atoms with E-state index in [1.165, 1.54) is 24.3 Å². The fourth-order valence-electron chi connectivity index (χ4n) is 1.15. The molecular weight excluding hydrogens is 181 g/mol. The lowest BCUT2D eigenvalue weighted by molar-refractivity contribution is 0.0966. The Labute approximate surface area is 82.9 Å². The van der Waals surface area contributed by atoms with Gasteiger partial charge in [0.05, 0.1) is 0 Å². The normalized spacial score (nSPS) is 12.5. The SMILES string of the molecule is CC(CN)CC(=O)c1ccc(F)cc1. The van der Waals surface area contributed by atoms with Crippen molar-refractivity contribution < 1.29 is 9.18 Å². The van der Waals surface area contributed by atoms with E-state index >= 15 is 0 Å². The lowest BCUT2D eigenvalue weighted by Crippen LogP contribution is -2.15. The van der Waals surface area contributed by atoms with E-state index in [1.807, 2.05) is 6.92 Å². The summed E-state index contributed by atoms with van der Waals surface area (Å²) in [5.74, 6) is -0.135. The fraction of sp³-hybridized carbons (Fsp3) is 0.364. The van der Waals surface area contributed by atoms with Crippen molar-refractivity contribution in [1.29, 1.82) is 0 Å². The molecule has 0 heterocycles. The predicted molar refractivity (Wildman–Crippen MR) is 53.6 cm³/mol. The van der Waals surface area contributed by atoms with E-state index in [1.54, 1.807) is 0 Å². The molecule has 1 atom stereocenters. The van der Waals surface area contributed by atoms with Crippen molar-refractivity contribution >= 4 is 5.78 Å². The molecule has 14 heavy (non-hydrogen) atoms. The van der Waals surface area contributed by atoms with Crippen LogP contribution in [-0.2, 0) is 0 Å². The summed E-state index contributed by atoms with van der Waals surface area (Å²) < 4.78 is 12.5. The molecular formula is C11H14FNO. The van der Waals surface area contributed by atoms with Crippen molar-refractivity contribution in [2.45, 2.75) is 13.3 Å². The molecule has 2 nitrogen and oxygen atoms in total. The van der Waals surface area contributed by atoms with Crippen LogP contribution in [0, 0.1) is 11.7 Å². The molecule has 1 aromatic carbocycles. The van der Waals surface area contributed by atoms with Crippen LogP contribution in [0.1, 0.15) is 23.7 Å². The molecule has 0 aliphatic heterocycles. The van der Waals surface area contributed by atoms with Crippen LogP contribution in [0.4, 0.5) is 4.39 Å². The van der Waals surface area contributed by atoms with Gasteiger partial charge in [0.25, 0.3) is 0 Å². The zero-order chi connectivity index (χ0) is 10.6. The third-order valence-corrected chi connectivity index (χ3v) is 2.10. The summed E-state index contributed by atoms with van der Waals surface area (Å²) in [5, 5.41) is 0. The maximum atomic E-state index is 12.5. The molecule has 0 radical (unpaired) electrons. The Kier molecular flexibility index (Phi) is 3.77. The van der Waals surface area contributed by atoms with Crippen molar-refractivity contribution in [3.63, 3.8) is 0 Å². The monoisotopic (exact) mass is 195 g/mol. The molecule has 0 spiro atoms. The molecule has 1 aromatic rings. The number of carbonyl (C=O) groups is 1. The molecule has 0 amide bonds. The van der Waals surface area contributed by atoms with Crippen LogP contribution in [0.25, 0.3) is 0 Å². The van der Waals surface area contributed by atoms with Gasteiger partial charge in [-0.1, -0.05) is 6.92 Å². The minimum absolute atomic E-state index is 0.0166. The smallest absolute Gasteiger partial charge is 0.163 e. The molecule has 0 aliphatic rings. The first-order valence-electron chi connectivity index (χ1n) is 4.62. The number of benzene rings is 1. The van der Waals surface area contributed by atoms with Crippen LogP contribution < -0.4 is 5.73 Å². The lowest BCUT2D eigenvalue weighted by Gasteiger charge is -2.06. The number of rotatable bonds is 4. The second kappa shape index (κ2) is 4.86. The Bertz CT molecular complexity index is 308. The number of hydrogen-bond donors (Lipinski definition) is 1. The molecule has 0 bridgehead atoms. The van der Waals surface area contributed by atoms with Gasteiger partial charge in [-0.25, -0.2) is 4.39 Å². The van der Waals surface area contributed by atoms with Gasteiger partial charge in [0.2, 0.25) is 0 Å². The van der Waals surface area contributed by atoms with Crippen LogP contribution in [0.2, 0.25) is 0 Å². The standard InChI is InChI=1S/C11H14FNO/c1-8(7-13)6-11(14)9-2-4-10(12)5-3-9/h2-5,8H,6-7,13H2,1H3. The van der Waals surface area contributed by atoms with Gasteiger partial charge in [0.15, 0.2) is 5.78 Å². The average Bonchev–Trinajstić information content (AvgIpc) is 2.18. The topological polar surface area (TPSA) is 43.1 Å². The third-order valence-electron chi connectivity index (χ3n) is 2.10. The summed E-state index contributed by atoms with van der Waals surface area (Å²) in [6.45, 7) is 2.41. The van der Waals surface area contributed by atoms with Gasteiger partial charge < -0.3 is 5.73 Å². The highest BCUT2D eigenvalue weighted by atomic mass is 19.1. The molecule has 0 aliphatic carbocycles. The van der Waals surface area contributed by atoms with Crippen molar-refractivity contribution in [3.05, 3.63) is 35.6 Å². The summed E-state index contributed by atoms with van der Waals surface area (Å²) in [5.41, 5.74) is 5.96. The second-order valence-electron chi connectivity index (χ2n) is 3.48. The van der Waals surface area contributed by atoms with E-state index in [4.69, 9.17) is 5.73 Å². The minimum atomic E-state index is -0.326. The van der Waals surface area contributed by atoms with Crippen LogP contribution >= 0.6 is 0 Å². The highest BCUT2D eigenvalue weighted by Gasteiger charge is 2.09. The molecule has 3 heteroatoms. The summed E-state index contributed by atoms with van der Waals surface area (Å²) in [6, 6.07) is 5.59. The van der Waals surface area contributed by atoms with E-state index in [0.29, 0.717) is 18.5 Å². The lowest BCUT2D eigenvalue weighted by atomic mass is 10.00. The largest absolute Gasteiger partial charge is 0.330 e. The van der Waals surface area contributed by atoms with Crippen LogP contribution in [0.3, 0.4) is 0 Å². The third kappa shape index (κ3) is 2.92. The van der Waals surface area contributed by atoms with E-state index in [2.05, 4.69) is 0 Å². The van der Waals surface area contributed by atoms with Crippen LogP contribution in [0.5, 0.6) is 0 Å². The fourth-order valence-corrected chi connectivity index (χ4v) is 1.15. The van der Waals surface area contributed by atoms with Gasteiger partial charge in [0.1, 0.15) is 5.82 Å². The second-order valence-corrected chi connectivity index (χ2v) is 3.48. The van der Waals surface area contributed by atoms with Crippen LogP contribution in [0.15, 0.2) is 24.3 Å². The Morgan fingerprint density at radius 1 is 1.43 bits per heavy atom. The summed E-state index contributed by atoms with van der Waals surface area (Å²) in [6.07, 6.45) is 0.419. The Morgan fingerprint density at radius 3 is 2.50 bits per heavy atom. The van der Waals surface area contributed by atoms with E-state index < -0.39 is 0 Å². The first kappa shape index (κ1) is 10.9. The molecule has 1 rings (SSSR count). The highest BCUT2D eigenvalue weighted by Crippen LogP contribution is 2.09. The molecule has 0 aromatic heterocycles. The summed E-state index contributed by atoms with van der Waals surface area (Å²) in [7, 11) is 0. The molecule has 0 fully saturated rings. The van der Waals surface area contributed by atoms with Crippen molar-refractivity contribution in [2.75, 3.05) is 6.54 Å². The van der Waals surface area contributed by atoms with Gasteiger partial charge in [-0.05, 0) is 36.7 Å². The molecule has 76 valence electrons. The number of halogens is 1. The molecule has 1 unspecified atom stereocenters. The first-order valence-corrected chi connectivity index (χ1v) is 4.62. The Balaban J connectivity index is 2.65. The van der Waals surface area contributed by atoms with E-state index in [-0.39, 0.29) is 17.5 Å². The Morgan fingerprint density at radius 2 is 2.00 bits per heavy atom. The summed E-state index contributed by atoms with van der Waals surface area (Å²) >= 11 is 0. The maximum absolute atomic E-state index is 12.5. The quantitative estimate of drug-likeness (QED) is 0.746. The van der Waals surface area contributed by atoms with Crippen molar-refractivity contribution in [2.24, 2.45) is 11.7 Å². The van der Waals surface area contributed by atoms with E-state index in [0.717, 1.165) is 0 Å². The van der Waals surface area contributed by atoms with Crippen molar-refractivity contribution in [1.82, 2.24) is 0 Å². The van der Waals surface area contributed by atoms with Gasteiger partial charge in [-0.15, -0.1) is 0 Å². The number of hydrogen-bond acceptors (Lipinski definition) is 2. The number of Topliss-reactive ketones (excluding diaryl/α,β-unsaturated/α-hetero) is 1. The van der Waals surface area contributed by atoms with E-state index in [9.17, 15) is 9.18 Å². The van der Waals surface area contributed by atoms with Crippen molar-refractivity contribution in [3.8, 4) is 0 Å². The number of ketones is 1. The number of carbonyl (C=O) groups excluding carboxylic acids is 1. The summed E-state index contributed by atoms with van der Waals surface area (Å²) in [4.78, 5) is 11.5. The van der Waals surface area contributed by atoms with Gasteiger partial charge in [-0.3, -0.25) is 4.79 Å². The number of nitrogens with two attached hydrogens (primary N) is 1. The maximum Gasteiger partial charge on any atom is 0.163 e. The van der Waals surface area contributed by atoms with Gasteiger partial charge in [-0.2, -0.15) is 0 Å². The van der Waals surface area contributed by atoms with Gasteiger partial charge >= 0.3 is 0 Å².